The summed E-state index contributed by atoms with van der Waals surface area (Å²) in [4.78, 5) is 0. The quantitative estimate of drug-likeness (QED) is 0.514. The van der Waals surface area contributed by atoms with Gasteiger partial charge < -0.3 is 0 Å². The molecule has 3 nitrogen and oxygen atoms in total. The number of aryl methyl sites for hydroxylation is 2. The Morgan fingerprint density at radius 1 is 1.44 bits per heavy atom. The van der Waals surface area contributed by atoms with Gasteiger partial charge in [-0.05, 0) is 24.3 Å². The standard InChI is InChI=1S/C12H20N3S/c1-2-16-11-5-8-15-10-9-14(12-15)7-4-3-6-13/h9-10,12H,2-5,7-8,11H2,1H3/q+1. The molecule has 0 aliphatic rings. The Morgan fingerprint density at radius 2 is 2.31 bits per heavy atom. The zero-order valence-electron chi connectivity index (χ0n) is 9.93. The predicted molar refractivity (Wildman–Crippen MR) is 67.1 cm³/mol. The predicted octanol–water partition coefficient (Wildman–Crippen LogP) is 2.22. The molecule has 0 N–H and O–H groups in total. The molecule has 0 spiro atoms. The molecule has 0 radical (unpaired) electrons. The number of rotatable bonds is 8. The maximum absolute atomic E-state index is 8.45. The van der Waals surface area contributed by atoms with E-state index in [9.17, 15) is 0 Å². The SMILES string of the molecule is CCSCCC[n+]1ccn(CCCC#N)c1. The molecular formula is C12H20N3S+. The zero-order valence-corrected chi connectivity index (χ0v) is 10.7. The molecule has 1 rings (SSSR count). The third kappa shape index (κ3) is 5.22. The van der Waals surface area contributed by atoms with Crippen LogP contribution in [0, 0.1) is 11.3 Å². The summed E-state index contributed by atoms with van der Waals surface area (Å²) in [5, 5.41) is 8.45. The lowest BCUT2D eigenvalue weighted by Gasteiger charge is -1.96. The number of thioether (sulfide) groups is 1. The lowest BCUT2D eigenvalue weighted by molar-refractivity contribution is -0.696. The molecule has 0 fully saturated rings. The van der Waals surface area contributed by atoms with E-state index in [1.807, 2.05) is 11.8 Å². The smallest absolute Gasteiger partial charge is 0.237 e. The van der Waals surface area contributed by atoms with Crippen molar-refractivity contribution < 1.29 is 4.57 Å². The lowest BCUT2D eigenvalue weighted by atomic mass is 10.3. The first-order valence-electron chi connectivity index (χ1n) is 5.86. The van der Waals surface area contributed by atoms with Crippen LogP contribution in [0.3, 0.4) is 0 Å². The summed E-state index contributed by atoms with van der Waals surface area (Å²) in [5.74, 6) is 2.45. The fourth-order valence-electron chi connectivity index (χ4n) is 1.54. The van der Waals surface area contributed by atoms with Crippen molar-refractivity contribution in [2.75, 3.05) is 11.5 Å². The summed E-state index contributed by atoms with van der Waals surface area (Å²) < 4.78 is 4.38. The minimum absolute atomic E-state index is 0.644. The second-order valence-electron chi connectivity index (χ2n) is 3.70. The van der Waals surface area contributed by atoms with Crippen LogP contribution >= 0.6 is 11.8 Å². The summed E-state index contributed by atoms with van der Waals surface area (Å²) in [7, 11) is 0. The fraction of sp³-hybridized carbons (Fsp3) is 0.667. The van der Waals surface area contributed by atoms with Crippen LogP contribution in [0.4, 0.5) is 0 Å². The highest BCUT2D eigenvalue weighted by Crippen LogP contribution is 2.00. The molecular weight excluding hydrogens is 218 g/mol. The number of nitriles is 1. The van der Waals surface area contributed by atoms with Gasteiger partial charge in [0.1, 0.15) is 12.4 Å². The Kier molecular flexibility index (Phi) is 6.75. The second kappa shape index (κ2) is 8.23. The molecule has 4 heteroatoms. The first-order valence-corrected chi connectivity index (χ1v) is 7.01. The highest BCUT2D eigenvalue weighted by Gasteiger charge is 2.02. The molecule has 0 unspecified atom stereocenters. The molecule has 0 aromatic carbocycles. The first kappa shape index (κ1) is 13.1. The maximum atomic E-state index is 8.45. The largest absolute Gasteiger partial charge is 0.243 e. The summed E-state index contributed by atoms with van der Waals surface area (Å²) in [6.07, 6.45) is 9.15. The van der Waals surface area contributed by atoms with Crippen LogP contribution < -0.4 is 4.57 Å². The fourth-order valence-corrected chi connectivity index (χ4v) is 2.16. The van der Waals surface area contributed by atoms with Crippen LogP contribution in [0.25, 0.3) is 0 Å². The van der Waals surface area contributed by atoms with Gasteiger partial charge in [0.2, 0.25) is 6.33 Å². The number of unbranched alkanes of at least 4 members (excludes halogenated alkanes) is 1. The molecule has 0 saturated heterocycles. The van der Waals surface area contributed by atoms with Gasteiger partial charge in [-0.25, -0.2) is 9.13 Å². The average Bonchev–Trinajstić information content (AvgIpc) is 2.73. The number of hydrogen-bond acceptors (Lipinski definition) is 2. The Labute approximate surface area is 102 Å². The van der Waals surface area contributed by atoms with Crippen molar-refractivity contribution in [2.24, 2.45) is 0 Å². The molecule has 0 amide bonds. The molecule has 16 heavy (non-hydrogen) atoms. The molecule has 0 aliphatic heterocycles. The van der Waals surface area contributed by atoms with E-state index in [-0.39, 0.29) is 0 Å². The van der Waals surface area contributed by atoms with E-state index in [2.05, 4.69) is 40.8 Å². The monoisotopic (exact) mass is 238 g/mol. The van der Waals surface area contributed by atoms with E-state index in [0.717, 1.165) is 19.5 Å². The van der Waals surface area contributed by atoms with Crippen LogP contribution in [0.15, 0.2) is 18.7 Å². The van der Waals surface area contributed by atoms with E-state index < -0.39 is 0 Å². The van der Waals surface area contributed by atoms with Crippen molar-refractivity contribution in [1.82, 2.24) is 4.57 Å². The molecule has 1 aromatic heterocycles. The van der Waals surface area contributed by atoms with E-state index in [1.54, 1.807) is 0 Å². The van der Waals surface area contributed by atoms with Gasteiger partial charge in [-0.3, -0.25) is 0 Å². The number of nitrogens with zero attached hydrogens (tertiary/aromatic N) is 3. The van der Waals surface area contributed by atoms with Crippen LogP contribution in [-0.4, -0.2) is 16.1 Å². The third-order valence-electron chi connectivity index (χ3n) is 2.36. The minimum atomic E-state index is 0.644. The maximum Gasteiger partial charge on any atom is 0.243 e. The van der Waals surface area contributed by atoms with Crippen molar-refractivity contribution in [1.29, 1.82) is 5.26 Å². The Morgan fingerprint density at radius 3 is 3.06 bits per heavy atom. The molecule has 1 aromatic rings. The van der Waals surface area contributed by atoms with Gasteiger partial charge in [0.25, 0.3) is 0 Å². The van der Waals surface area contributed by atoms with Crippen molar-refractivity contribution in [3.05, 3.63) is 18.7 Å². The Bertz CT molecular complexity index is 327. The van der Waals surface area contributed by atoms with Gasteiger partial charge in [0.15, 0.2) is 0 Å². The van der Waals surface area contributed by atoms with Gasteiger partial charge >= 0.3 is 0 Å². The van der Waals surface area contributed by atoms with E-state index in [0.29, 0.717) is 6.42 Å². The molecule has 0 aliphatic carbocycles. The van der Waals surface area contributed by atoms with E-state index in [1.165, 1.54) is 17.9 Å². The molecule has 0 atom stereocenters. The van der Waals surface area contributed by atoms with Crippen LogP contribution in [0.5, 0.6) is 0 Å². The summed E-state index contributed by atoms with van der Waals surface area (Å²) in [5.41, 5.74) is 0. The van der Waals surface area contributed by atoms with Gasteiger partial charge in [-0.1, -0.05) is 6.92 Å². The summed E-state index contributed by atoms with van der Waals surface area (Å²) in [6.45, 7) is 4.24. The molecule has 0 saturated carbocycles. The highest BCUT2D eigenvalue weighted by atomic mass is 32.2. The summed E-state index contributed by atoms with van der Waals surface area (Å²) >= 11 is 1.99. The molecule has 1 heterocycles. The normalized spacial score (nSPS) is 10.2. The number of aromatic nitrogens is 2. The van der Waals surface area contributed by atoms with Crippen molar-refractivity contribution in [3.8, 4) is 6.07 Å². The Hall–Kier alpha value is -0.950. The third-order valence-corrected chi connectivity index (χ3v) is 3.35. The molecule has 0 bridgehead atoms. The van der Waals surface area contributed by atoms with Gasteiger partial charge in [-0.2, -0.15) is 17.0 Å². The van der Waals surface area contributed by atoms with Crippen LogP contribution in [-0.2, 0) is 13.1 Å². The van der Waals surface area contributed by atoms with Gasteiger partial charge in [-0.15, -0.1) is 0 Å². The highest BCUT2D eigenvalue weighted by molar-refractivity contribution is 7.99. The first-order chi connectivity index (χ1) is 7.86. The lowest BCUT2D eigenvalue weighted by Crippen LogP contribution is -2.31. The number of imidazole rings is 1. The second-order valence-corrected chi connectivity index (χ2v) is 5.10. The topological polar surface area (TPSA) is 32.6 Å². The molecule has 88 valence electrons. The van der Waals surface area contributed by atoms with Crippen molar-refractivity contribution >= 4 is 11.8 Å². The zero-order chi connectivity index (χ0) is 11.6. The van der Waals surface area contributed by atoms with E-state index in [4.69, 9.17) is 5.26 Å². The minimum Gasteiger partial charge on any atom is -0.237 e. The van der Waals surface area contributed by atoms with Gasteiger partial charge in [0, 0.05) is 6.42 Å². The van der Waals surface area contributed by atoms with Crippen LogP contribution in [0.1, 0.15) is 26.2 Å². The number of hydrogen-bond donors (Lipinski definition) is 0. The Balaban J connectivity index is 2.20. The average molecular weight is 238 g/mol. The van der Waals surface area contributed by atoms with Crippen LogP contribution in [0.2, 0.25) is 0 Å². The van der Waals surface area contributed by atoms with Crippen molar-refractivity contribution in [3.63, 3.8) is 0 Å². The van der Waals surface area contributed by atoms with E-state index >= 15 is 0 Å². The summed E-state index contributed by atoms with van der Waals surface area (Å²) in [6, 6.07) is 2.17. The van der Waals surface area contributed by atoms with Gasteiger partial charge in [0.05, 0.1) is 19.2 Å². The van der Waals surface area contributed by atoms with Crippen molar-refractivity contribution in [2.45, 2.75) is 39.3 Å².